The number of carbonyl (C=O) groups excluding carboxylic acids is 2. The van der Waals surface area contributed by atoms with E-state index in [9.17, 15) is 9.59 Å². The van der Waals surface area contributed by atoms with E-state index in [1.807, 2.05) is 73.8 Å². The summed E-state index contributed by atoms with van der Waals surface area (Å²) < 4.78 is 16.8. The van der Waals surface area contributed by atoms with Crippen molar-refractivity contribution >= 4 is 23.6 Å². The topological polar surface area (TPSA) is 73.9 Å². The van der Waals surface area contributed by atoms with Crippen molar-refractivity contribution < 1.29 is 23.8 Å². The number of hydrogen-bond donors (Lipinski definition) is 1. The number of amides is 1. The lowest BCUT2D eigenvalue weighted by Crippen LogP contribution is -2.42. The first-order valence-corrected chi connectivity index (χ1v) is 15.1. The molecular weight excluding hydrogens is 522 g/mol. The summed E-state index contributed by atoms with van der Waals surface area (Å²) in [6, 6.07) is 21.1. The monoisotopic (exact) mass is 563 g/mol. The number of rotatable bonds is 15. The molecule has 0 bridgehead atoms. The summed E-state index contributed by atoms with van der Waals surface area (Å²) in [5.74, 6) is 0.788. The number of thioether (sulfide) groups is 1. The van der Waals surface area contributed by atoms with E-state index in [0.717, 1.165) is 58.6 Å². The van der Waals surface area contributed by atoms with Crippen molar-refractivity contribution in [2.75, 3.05) is 26.2 Å². The van der Waals surface area contributed by atoms with E-state index in [-0.39, 0.29) is 12.0 Å². The van der Waals surface area contributed by atoms with Crippen molar-refractivity contribution in [2.45, 2.75) is 58.3 Å². The van der Waals surface area contributed by atoms with E-state index >= 15 is 0 Å². The SMILES string of the molecule is CCCCC(OCc1ccc(C(=O)NC(CCSC)C(=O)OC)c(-c2ccccc2C)c1)c1cccc(OC)c1. The zero-order valence-electron chi connectivity index (χ0n) is 24.2. The molecule has 2 unspecified atom stereocenters. The van der Waals surface area contributed by atoms with Gasteiger partial charge in [-0.05, 0) is 83.9 Å². The molecule has 0 aromatic heterocycles. The number of hydrogen-bond acceptors (Lipinski definition) is 6. The van der Waals surface area contributed by atoms with Crippen LogP contribution >= 0.6 is 11.8 Å². The van der Waals surface area contributed by atoms with E-state index in [1.165, 1.54) is 7.11 Å². The highest BCUT2D eigenvalue weighted by molar-refractivity contribution is 7.98. The fourth-order valence-electron chi connectivity index (χ4n) is 4.61. The first-order valence-electron chi connectivity index (χ1n) is 13.7. The van der Waals surface area contributed by atoms with Gasteiger partial charge in [-0.1, -0.05) is 62.2 Å². The average Bonchev–Trinajstić information content (AvgIpc) is 2.99. The van der Waals surface area contributed by atoms with E-state index in [0.29, 0.717) is 18.6 Å². The Bertz CT molecular complexity index is 1260. The summed E-state index contributed by atoms with van der Waals surface area (Å²) in [4.78, 5) is 25.9. The lowest BCUT2D eigenvalue weighted by atomic mass is 9.93. The van der Waals surface area contributed by atoms with Crippen LogP contribution in [0.1, 0.15) is 65.8 Å². The molecule has 0 aliphatic heterocycles. The van der Waals surface area contributed by atoms with E-state index < -0.39 is 12.0 Å². The minimum atomic E-state index is -0.708. The molecule has 2 atom stereocenters. The Morgan fingerprint density at radius 3 is 2.45 bits per heavy atom. The van der Waals surface area contributed by atoms with Crippen molar-refractivity contribution in [1.29, 1.82) is 0 Å². The molecule has 6 nitrogen and oxygen atoms in total. The Hall–Kier alpha value is -3.29. The van der Waals surface area contributed by atoms with Gasteiger partial charge < -0.3 is 19.5 Å². The first kappa shape index (κ1) is 31.2. The minimum Gasteiger partial charge on any atom is -0.497 e. The molecular formula is C33H41NO5S. The van der Waals surface area contributed by atoms with Crippen molar-refractivity contribution in [1.82, 2.24) is 5.32 Å². The highest BCUT2D eigenvalue weighted by Gasteiger charge is 2.24. The summed E-state index contributed by atoms with van der Waals surface area (Å²) >= 11 is 1.62. The highest BCUT2D eigenvalue weighted by atomic mass is 32.2. The molecule has 0 radical (unpaired) electrons. The van der Waals surface area contributed by atoms with E-state index in [2.05, 4.69) is 18.3 Å². The van der Waals surface area contributed by atoms with Gasteiger partial charge in [0.15, 0.2) is 0 Å². The van der Waals surface area contributed by atoms with Gasteiger partial charge in [0, 0.05) is 5.56 Å². The molecule has 1 amide bonds. The van der Waals surface area contributed by atoms with Crippen molar-refractivity contribution in [3.8, 4) is 16.9 Å². The number of benzene rings is 3. The number of ether oxygens (including phenoxy) is 3. The van der Waals surface area contributed by atoms with Gasteiger partial charge in [0.05, 0.1) is 26.9 Å². The lowest BCUT2D eigenvalue weighted by molar-refractivity contribution is -0.142. The third-order valence-corrected chi connectivity index (χ3v) is 7.55. The van der Waals surface area contributed by atoms with Crippen LogP contribution in [0.2, 0.25) is 0 Å². The van der Waals surface area contributed by atoms with Crippen LogP contribution in [0.4, 0.5) is 0 Å². The van der Waals surface area contributed by atoms with Gasteiger partial charge in [-0.2, -0.15) is 11.8 Å². The Balaban J connectivity index is 1.91. The zero-order valence-corrected chi connectivity index (χ0v) is 25.0. The van der Waals surface area contributed by atoms with Crippen molar-refractivity contribution in [2.24, 2.45) is 0 Å². The van der Waals surface area contributed by atoms with Gasteiger partial charge in [-0.3, -0.25) is 4.79 Å². The molecule has 3 rings (SSSR count). The average molecular weight is 564 g/mol. The Labute approximate surface area is 242 Å². The molecule has 0 fully saturated rings. The summed E-state index contributed by atoms with van der Waals surface area (Å²) in [5, 5.41) is 2.90. The van der Waals surface area contributed by atoms with Crippen molar-refractivity contribution in [3.63, 3.8) is 0 Å². The molecule has 0 saturated heterocycles. The minimum absolute atomic E-state index is 0.0720. The number of unbranched alkanes of at least 4 members (excludes halogenated alkanes) is 1. The van der Waals surface area contributed by atoms with Gasteiger partial charge in [-0.15, -0.1) is 0 Å². The first-order chi connectivity index (χ1) is 19.4. The number of esters is 1. The maximum atomic E-state index is 13.5. The molecule has 0 saturated carbocycles. The normalized spacial score (nSPS) is 12.4. The standard InChI is InChI=1S/C33H41NO5S/c1-6-7-15-31(25-12-10-13-26(21-25)37-3)39-22-24-16-17-28(29(20-24)27-14-9-8-11-23(27)2)32(35)34-30(18-19-40-5)33(36)38-4/h8-14,16-17,20-21,30-31H,6-7,15,18-19,22H2,1-5H3,(H,34,35). The second-order valence-electron chi connectivity index (χ2n) is 9.74. The molecule has 1 N–H and O–H groups in total. The lowest BCUT2D eigenvalue weighted by Gasteiger charge is -2.21. The number of nitrogens with one attached hydrogen (secondary N) is 1. The van der Waals surface area contributed by atoms with Crippen LogP contribution in [0.25, 0.3) is 11.1 Å². The molecule has 3 aromatic rings. The van der Waals surface area contributed by atoms with E-state index in [1.54, 1.807) is 18.9 Å². The van der Waals surface area contributed by atoms with Crippen molar-refractivity contribution in [3.05, 3.63) is 89.0 Å². The Morgan fingerprint density at radius 2 is 1.75 bits per heavy atom. The molecule has 3 aromatic carbocycles. The summed E-state index contributed by atoms with van der Waals surface area (Å²) in [7, 11) is 3.01. The molecule has 7 heteroatoms. The van der Waals surface area contributed by atoms with Gasteiger partial charge in [0.2, 0.25) is 0 Å². The third-order valence-electron chi connectivity index (χ3n) is 6.90. The van der Waals surface area contributed by atoms with Crippen LogP contribution in [-0.4, -0.2) is 44.1 Å². The Kier molecular flexibility index (Phi) is 12.6. The molecule has 0 heterocycles. The Morgan fingerprint density at radius 1 is 0.950 bits per heavy atom. The second-order valence-corrected chi connectivity index (χ2v) is 10.7. The van der Waals surface area contributed by atoms with Gasteiger partial charge in [0.1, 0.15) is 11.8 Å². The van der Waals surface area contributed by atoms with Gasteiger partial charge in [0.25, 0.3) is 5.91 Å². The second kappa shape index (κ2) is 16.1. The summed E-state index contributed by atoms with van der Waals surface area (Å²) in [6.45, 7) is 4.59. The predicted molar refractivity (Wildman–Crippen MR) is 163 cm³/mol. The van der Waals surface area contributed by atoms with Crippen LogP contribution in [0, 0.1) is 6.92 Å². The largest absolute Gasteiger partial charge is 0.497 e. The van der Waals surface area contributed by atoms with Crippen LogP contribution in [0.15, 0.2) is 66.7 Å². The van der Waals surface area contributed by atoms with Crippen LogP contribution in [0.5, 0.6) is 5.75 Å². The summed E-state index contributed by atoms with van der Waals surface area (Å²) in [5.41, 5.74) is 5.37. The predicted octanol–water partition coefficient (Wildman–Crippen LogP) is 7.14. The fraction of sp³-hybridized carbons (Fsp3) is 0.394. The maximum Gasteiger partial charge on any atom is 0.328 e. The summed E-state index contributed by atoms with van der Waals surface area (Å²) in [6.07, 6.45) is 5.42. The van der Waals surface area contributed by atoms with Crippen LogP contribution in [-0.2, 0) is 20.9 Å². The molecule has 214 valence electrons. The van der Waals surface area contributed by atoms with Gasteiger partial charge >= 0.3 is 5.97 Å². The van der Waals surface area contributed by atoms with Crippen LogP contribution < -0.4 is 10.1 Å². The molecule has 40 heavy (non-hydrogen) atoms. The molecule has 0 aliphatic rings. The van der Waals surface area contributed by atoms with E-state index in [4.69, 9.17) is 14.2 Å². The quantitative estimate of drug-likeness (QED) is 0.198. The number of aryl methyl sites for hydroxylation is 1. The van der Waals surface area contributed by atoms with Crippen LogP contribution in [0.3, 0.4) is 0 Å². The fourth-order valence-corrected chi connectivity index (χ4v) is 5.09. The molecule has 0 spiro atoms. The number of methoxy groups -OCH3 is 2. The zero-order chi connectivity index (χ0) is 28.9. The molecule has 0 aliphatic carbocycles. The third kappa shape index (κ3) is 8.60. The number of carbonyl (C=O) groups is 2. The maximum absolute atomic E-state index is 13.5. The smallest absolute Gasteiger partial charge is 0.328 e. The van der Waals surface area contributed by atoms with Gasteiger partial charge in [-0.25, -0.2) is 4.79 Å². The highest BCUT2D eigenvalue weighted by Crippen LogP contribution is 2.31.